The van der Waals surface area contributed by atoms with Crippen LogP contribution in [0.4, 0.5) is 5.69 Å². The fraction of sp³-hybridized carbons (Fsp3) is 0.259. The van der Waals surface area contributed by atoms with Crippen molar-refractivity contribution >= 4 is 29.1 Å². The Morgan fingerprint density at radius 3 is 2.43 bits per heavy atom. The monoisotopic (exact) mass is 496 g/mol. The zero-order valence-electron chi connectivity index (χ0n) is 20.0. The Balaban J connectivity index is 1.62. The second-order valence-corrected chi connectivity index (χ2v) is 8.14. The van der Waals surface area contributed by atoms with Gasteiger partial charge in [0, 0.05) is 11.6 Å². The molecule has 0 aliphatic rings. The van der Waals surface area contributed by atoms with Crippen molar-refractivity contribution in [1.82, 2.24) is 5.32 Å². The minimum absolute atomic E-state index is 0.287. The predicted octanol–water partition coefficient (Wildman–Crippen LogP) is 5.13. The first-order valence-electron chi connectivity index (χ1n) is 11.3. The van der Waals surface area contributed by atoms with Crippen LogP contribution in [0.2, 0.25) is 5.02 Å². The van der Waals surface area contributed by atoms with Crippen LogP contribution in [0.25, 0.3) is 0 Å². The van der Waals surface area contributed by atoms with E-state index in [4.69, 9.17) is 25.8 Å². The molecule has 0 fully saturated rings. The molecule has 3 aromatic carbocycles. The molecule has 0 bridgehead atoms. The highest BCUT2D eigenvalue weighted by molar-refractivity contribution is 6.30. The lowest BCUT2D eigenvalue weighted by Gasteiger charge is -2.18. The van der Waals surface area contributed by atoms with Crippen molar-refractivity contribution in [3.8, 4) is 17.2 Å². The van der Waals surface area contributed by atoms with E-state index in [-0.39, 0.29) is 11.8 Å². The summed E-state index contributed by atoms with van der Waals surface area (Å²) in [6, 6.07) is 19.4. The molecule has 184 valence electrons. The molecule has 0 aliphatic heterocycles. The van der Waals surface area contributed by atoms with Gasteiger partial charge in [0.25, 0.3) is 11.8 Å². The normalized spacial score (nSPS) is 11.3. The van der Waals surface area contributed by atoms with Crippen molar-refractivity contribution < 1.29 is 23.8 Å². The molecule has 0 heterocycles. The number of methoxy groups -OCH3 is 2. The Bertz CT molecular complexity index is 1170. The third-order valence-electron chi connectivity index (χ3n) is 5.31. The van der Waals surface area contributed by atoms with Crippen molar-refractivity contribution in [2.75, 3.05) is 26.1 Å². The second kappa shape index (κ2) is 12.7. The number of benzene rings is 3. The molecule has 0 aromatic heterocycles. The second-order valence-electron chi connectivity index (χ2n) is 7.70. The molecular formula is C27H29ClN2O5. The van der Waals surface area contributed by atoms with Crippen molar-refractivity contribution in [2.45, 2.75) is 25.9 Å². The lowest BCUT2D eigenvalue weighted by Crippen LogP contribution is -2.33. The molecule has 1 unspecified atom stereocenters. The summed E-state index contributed by atoms with van der Waals surface area (Å²) in [4.78, 5) is 25.8. The van der Waals surface area contributed by atoms with E-state index < -0.39 is 6.10 Å². The van der Waals surface area contributed by atoms with Gasteiger partial charge in [-0.3, -0.25) is 9.59 Å². The zero-order chi connectivity index (χ0) is 25.2. The number of ether oxygens (including phenoxy) is 3. The van der Waals surface area contributed by atoms with Gasteiger partial charge in [0.05, 0.1) is 25.5 Å². The summed E-state index contributed by atoms with van der Waals surface area (Å²) in [6.07, 6.45) is 0.305. The van der Waals surface area contributed by atoms with Gasteiger partial charge in [-0.1, -0.05) is 42.8 Å². The maximum absolute atomic E-state index is 12.9. The quantitative estimate of drug-likeness (QED) is 0.384. The van der Waals surface area contributed by atoms with Gasteiger partial charge in [-0.05, 0) is 60.9 Å². The highest BCUT2D eigenvalue weighted by atomic mass is 35.5. The molecule has 0 aliphatic carbocycles. The van der Waals surface area contributed by atoms with Gasteiger partial charge in [0.1, 0.15) is 5.75 Å². The zero-order valence-corrected chi connectivity index (χ0v) is 20.7. The van der Waals surface area contributed by atoms with Crippen LogP contribution in [0, 0.1) is 0 Å². The number of carbonyl (C=O) groups excluding carboxylic acids is 2. The van der Waals surface area contributed by atoms with Crippen LogP contribution in [0.5, 0.6) is 17.2 Å². The van der Waals surface area contributed by atoms with Gasteiger partial charge in [0.2, 0.25) is 0 Å². The van der Waals surface area contributed by atoms with E-state index in [9.17, 15) is 9.59 Å². The number of anilines is 1. The molecule has 7 nitrogen and oxygen atoms in total. The van der Waals surface area contributed by atoms with Gasteiger partial charge >= 0.3 is 0 Å². The minimum atomic E-state index is -0.741. The van der Waals surface area contributed by atoms with Crippen LogP contribution in [0.3, 0.4) is 0 Å². The molecule has 8 heteroatoms. The Morgan fingerprint density at radius 1 is 0.943 bits per heavy atom. The topological polar surface area (TPSA) is 85.9 Å². The number of amides is 2. The van der Waals surface area contributed by atoms with Crippen LogP contribution >= 0.6 is 11.6 Å². The van der Waals surface area contributed by atoms with E-state index in [1.165, 1.54) is 0 Å². The molecule has 2 N–H and O–H groups in total. The molecule has 0 spiro atoms. The SMILES string of the molecule is CCC(Oc1cccc(Cl)c1)C(=O)Nc1ccccc1C(=O)NCCc1ccc(OC)c(OC)c1. The Morgan fingerprint density at radius 2 is 1.71 bits per heavy atom. The van der Waals surface area contributed by atoms with Crippen LogP contribution in [0.15, 0.2) is 66.7 Å². The van der Waals surface area contributed by atoms with Gasteiger partial charge in [-0.25, -0.2) is 0 Å². The lowest BCUT2D eigenvalue weighted by molar-refractivity contribution is -0.122. The Hall–Kier alpha value is -3.71. The summed E-state index contributed by atoms with van der Waals surface area (Å²) in [5, 5.41) is 6.25. The van der Waals surface area contributed by atoms with Crippen molar-refractivity contribution in [3.05, 3.63) is 82.9 Å². The first kappa shape index (κ1) is 25.9. The highest BCUT2D eigenvalue weighted by Gasteiger charge is 2.21. The van der Waals surface area contributed by atoms with Crippen LogP contribution < -0.4 is 24.8 Å². The summed E-state index contributed by atoms with van der Waals surface area (Å²) < 4.78 is 16.4. The fourth-order valence-electron chi connectivity index (χ4n) is 3.48. The first-order chi connectivity index (χ1) is 16.9. The first-order valence-corrected chi connectivity index (χ1v) is 11.6. The molecule has 0 radical (unpaired) electrons. The van der Waals surface area contributed by atoms with E-state index in [0.717, 1.165) is 5.56 Å². The van der Waals surface area contributed by atoms with Crippen molar-refractivity contribution in [1.29, 1.82) is 0 Å². The average molecular weight is 497 g/mol. The van der Waals surface area contributed by atoms with Crippen molar-refractivity contribution in [2.24, 2.45) is 0 Å². The van der Waals surface area contributed by atoms with Crippen molar-refractivity contribution in [3.63, 3.8) is 0 Å². The molecule has 3 rings (SSSR count). The third-order valence-corrected chi connectivity index (χ3v) is 5.55. The van der Waals surface area contributed by atoms with Crippen LogP contribution in [-0.4, -0.2) is 38.7 Å². The predicted molar refractivity (Wildman–Crippen MR) is 137 cm³/mol. The molecule has 0 saturated carbocycles. The van der Waals surface area contributed by atoms with E-state index in [1.54, 1.807) is 62.8 Å². The maximum atomic E-state index is 12.9. The van der Waals surface area contributed by atoms with Gasteiger partial charge in [-0.2, -0.15) is 0 Å². The van der Waals surface area contributed by atoms with Crippen LogP contribution in [-0.2, 0) is 11.2 Å². The highest BCUT2D eigenvalue weighted by Crippen LogP contribution is 2.27. The summed E-state index contributed by atoms with van der Waals surface area (Å²) in [7, 11) is 3.16. The van der Waals surface area contributed by atoms with Gasteiger partial charge < -0.3 is 24.8 Å². The Labute approximate surface area is 210 Å². The minimum Gasteiger partial charge on any atom is -0.493 e. The molecule has 3 aromatic rings. The lowest BCUT2D eigenvalue weighted by atomic mass is 10.1. The van der Waals surface area contributed by atoms with E-state index in [0.29, 0.717) is 52.9 Å². The molecule has 2 amide bonds. The van der Waals surface area contributed by atoms with Gasteiger partial charge in [-0.15, -0.1) is 0 Å². The number of halogens is 1. The molecule has 35 heavy (non-hydrogen) atoms. The van der Waals surface area contributed by atoms with E-state index >= 15 is 0 Å². The van der Waals surface area contributed by atoms with E-state index in [2.05, 4.69) is 10.6 Å². The largest absolute Gasteiger partial charge is 0.493 e. The fourth-order valence-corrected chi connectivity index (χ4v) is 3.66. The number of carbonyl (C=O) groups is 2. The van der Waals surface area contributed by atoms with Gasteiger partial charge in [0.15, 0.2) is 17.6 Å². The third kappa shape index (κ3) is 7.13. The average Bonchev–Trinajstić information content (AvgIpc) is 2.87. The summed E-state index contributed by atoms with van der Waals surface area (Å²) in [5.41, 5.74) is 1.77. The number of hydrogen-bond donors (Lipinski definition) is 2. The summed E-state index contributed by atoms with van der Waals surface area (Å²) >= 11 is 6.01. The number of rotatable bonds is 11. The molecular weight excluding hydrogens is 468 g/mol. The molecule has 1 atom stereocenters. The standard InChI is InChI=1S/C27H29ClN2O5/c1-4-23(35-20-9-7-8-19(28)17-20)27(32)30-22-11-6-5-10-21(22)26(31)29-15-14-18-12-13-24(33-2)25(16-18)34-3/h5-13,16-17,23H,4,14-15H2,1-3H3,(H,29,31)(H,30,32). The smallest absolute Gasteiger partial charge is 0.265 e. The Kier molecular flexibility index (Phi) is 9.38. The maximum Gasteiger partial charge on any atom is 0.265 e. The number of para-hydroxylation sites is 1. The van der Waals surface area contributed by atoms with E-state index in [1.807, 2.05) is 25.1 Å². The molecule has 0 saturated heterocycles. The number of nitrogens with one attached hydrogen (secondary N) is 2. The summed E-state index contributed by atoms with van der Waals surface area (Å²) in [6.45, 7) is 2.26. The van der Waals surface area contributed by atoms with Crippen LogP contribution in [0.1, 0.15) is 29.3 Å². The number of hydrogen-bond acceptors (Lipinski definition) is 5. The summed E-state index contributed by atoms with van der Waals surface area (Å²) in [5.74, 6) is 1.15.